The highest BCUT2D eigenvalue weighted by Crippen LogP contribution is 2.43. The summed E-state index contributed by atoms with van der Waals surface area (Å²) in [5.74, 6) is 4.24. The van der Waals surface area contributed by atoms with Crippen molar-refractivity contribution in [3.63, 3.8) is 0 Å². The second kappa shape index (κ2) is 28.1. The number of rotatable bonds is 28. The van der Waals surface area contributed by atoms with Gasteiger partial charge in [0.15, 0.2) is 11.8 Å². The quantitative estimate of drug-likeness (QED) is 0.0424. The van der Waals surface area contributed by atoms with Gasteiger partial charge in [-0.3, -0.25) is 14.4 Å². The predicted octanol–water partition coefficient (Wildman–Crippen LogP) is 13.7. The lowest BCUT2D eigenvalue weighted by molar-refractivity contribution is -0.474. The van der Waals surface area contributed by atoms with Crippen molar-refractivity contribution in [1.29, 1.82) is 0 Å². The lowest BCUT2D eigenvalue weighted by atomic mass is 9.78. The number of nitrogens with one attached hydrogen (secondary N) is 2. The normalized spacial score (nSPS) is 16.4. The molecule has 0 bridgehead atoms. The number of anilines is 3. The molecule has 2 N–H and O–H groups in total. The molecule has 8 nitrogen and oxygen atoms in total. The zero-order valence-corrected chi connectivity index (χ0v) is 44.8. The molecule has 10 heteroatoms. The summed E-state index contributed by atoms with van der Waals surface area (Å²) in [6, 6.07) is 24.1. The van der Waals surface area contributed by atoms with Crippen LogP contribution in [0.15, 0.2) is 114 Å². The number of para-hydroxylation sites is 1. The van der Waals surface area contributed by atoms with Gasteiger partial charge in [-0.05, 0) is 125 Å². The summed E-state index contributed by atoms with van der Waals surface area (Å²) in [6.07, 6.45) is 17.5. The monoisotopic (exact) mass is 973 g/mol. The van der Waals surface area contributed by atoms with Crippen LogP contribution in [0.4, 0.5) is 22.7 Å². The fourth-order valence-corrected chi connectivity index (χ4v) is 11.6. The Labute approximate surface area is 423 Å². The molecule has 0 heterocycles. The Morgan fingerprint density at radius 1 is 0.710 bits per heavy atom. The topological polar surface area (TPSA) is 105 Å². The molecule has 0 saturated heterocycles. The van der Waals surface area contributed by atoms with Gasteiger partial charge in [0.1, 0.15) is 0 Å². The number of thioether (sulfide) groups is 2. The number of hydrogen-bond donors (Lipinski definition) is 2. The van der Waals surface area contributed by atoms with Crippen LogP contribution < -0.4 is 20.6 Å². The van der Waals surface area contributed by atoms with Crippen LogP contribution in [0.3, 0.4) is 0 Å². The standard InChI is InChI=1S/C59H80N4O4S2/c1-10-14-21-44(12-3)39-68-35-19-25-54(64)60-52-37-48(62(41(5)6)46-23-17-16-18-24-46)31-33-50(52)56-58(66)57(59(56)67)51-34-32-49(63(42(7)8)47-29-27-43(9)28-30-47)38-53(51)61-55(65)26-20-36-69-40-45(13-4)22-15-11-2/h16-18,23-24,27-34,37-38,41-42,44-45H,10-15,19-22,25-26,35-36,39-40H2,1-9H3,(H2,60,61,64,65,66,67). The van der Waals surface area contributed by atoms with E-state index in [1.54, 1.807) is 12.1 Å². The van der Waals surface area contributed by atoms with Crippen LogP contribution in [0.2, 0.25) is 0 Å². The van der Waals surface area contributed by atoms with Crippen LogP contribution in [0, 0.1) is 18.8 Å². The summed E-state index contributed by atoms with van der Waals surface area (Å²) in [5, 5.41) is 20.9. The van der Waals surface area contributed by atoms with Crippen molar-refractivity contribution in [2.24, 2.45) is 11.8 Å². The minimum Gasteiger partial charge on any atom is -0.871 e. The number of allylic oxidation sites excluding steroid dienone is 5. The van der Waals surface area contributed by atoms with Crippen molar-refractivity contribution in [2.45, 2.75) is 151 Å². The lowest BCUT2D eigenvalue weighted by Crippen LogP contribution is -2.34. The van der Waals surface area contributed by atoms with Crippen molar-refractivity contribution in [3.8, 4) is 0 Å². The number of Topliss-reactive ketones (excluding diaryl/α,β-unsaturated/α-hetero) is 1. The first-order valence-corrected chi connectivity index (χ1v) is 28.2. The third kappa shape index (κ3) is 15.6. The molecular formula is C59H80N4O4S2. The van der Waals surface area contributed by atoms with E-state index in [9.17, 15) is 19.5 Å². The summed E-state index contributed by atoms with van der Waals surface area (Å²) >= 11 is 3.83. The molecule has 2 unspecified atom stereocenters. The van der Waals surface area contributed by atoms with Gasteiger partial charge < -0.3 is 20.6 Å². The molecule has 2 amide bonds. The van der Waals surface area contributed by atoms with Gasteiger partial charge in [-0.25, -0.2) is 0 Å². The van der Waals surface area contributed by atoms with E-state index in [0.717, 1.165) is 64.2 Å². The summed E-state index contributed by atoms with van der Waals surface area (Å²) in [7, 11) is 0. The number of carbonyl (C=O) groups is 3. The highest BCUT2D eigenvalue weighted by molar-refractivity contribution is 7.99. The van der Waals surface area contributed by atoms with E-state index < -0.39 is 11.5 Å². The largest absolute Gasteiger partial charge is 0.871 e. The molecule has 2 aliphatic carbocycles. The summed E-state index contributed by atoms with van der Waals surface area (Å²) in [6.45, 7) is 19.5. The van der Waals surface area contributed by atoms with E-state index in [1.807, 2.05) is 78.1 Å². The fraction of sp³-hybridized carbons (Fsp3) is 0.492. The van der Waals surface area contributed by atoms with E-state index in [-0.39, 0.29) is 35.0 Å². The Morgan fingerprint density at radius 3 is 1.84 bits per heavy atom. The Hall–Kier alpha value is -4.80. The first-order valence-electron chi connectivity index (χ1n) is 25.9. The number of aryl methyl sites for hydroxylation is 1. The zero-order chi connectivity index (χ0) is 49.9. The SMILES string of the molecule is CCCCC(CC)CSCCCC(=O)NC1=CC(=[N+](/c2ccc(C)cc2)C(C)C)/C=CC/1=C1\C(=O)C(c2ccc(N(c3ccccc3)C(C)C)cc2NC(=O)CCCSCC(CC)CCCC)=C1[O-]. The Bertz CT molecular complexity index is 2340. The van der Waals surface area contributed by atoms with Crippen molar-refractivity contribution in [1.82, 2.24) is 5.32 Å². The highest BCUT2D eigenvalue weighted by atomic mass is 32.2. The lowest BCUT2D eigenvalue weighted by Gasteiger charge is -2.35. The second-order valence-corrected chi connectivity index (χ2v) is 21.6. The van der Waals surface area contributed by atoms with Gasteiger partial charge in [0.25, 0.3) is 0 Å². The van der Waals surface area contributed by atoms with E-state index in [2.05, 4.69) is 107 Å². The van der Waals surface area contributed by atoms with Gasteiger partial charge in [-0.2, -0.15) is 28.1 Å². The average molecular weight is 973 g/mol. The fourth-order valence-electron chi connectivity index (χ4n) is 9.07. The molecule has 372 valence electrons. The molecule has 0 aromatic heterocycles. The van der Waals surface area contributed by atoms with E-state index in [1.165, 1.54) is 51.4 Å². The summed E-state index contributed by atoms with van der Waals surface area (Å²) < 4.78 is 2.19. The molecule has 3 aromatic carbocycles. The minimum atomic E-state index is -0.413. The van der Waals surface area contributed by atoms with Gasteiger partial charge in [0.05, 0.1) is 11.4 Å². The molecule has 0 spiro atoms. The smallest absolute Gasteiger partial charge is 0.224 e. The second-order valence-electron chi connectivity index (χ2n) is 19.3. The van der Waals surface area contributed by atoms with Crippen molar-refractivity contribution >= 4 is 75.2 Å². The number of unbranched alkanes of at least 4 members (excludes halogenated alkanes) is 2. The molecule has 0 saturated carbocycles. The first-order chi connectivity index (χ1) is 33.3. The van der Waals surface area contributed by atoms with Crippen molar-refractivity contribution in [3.05, 3.63) is 125 Å². The van der Waals surface area contributed by atoms with Crippen molar-refractivity contribution in [2.75, 3.05) is 33.2 Å². The summed E-state index contributed by atoms with van der Waals surface area (Å²) in [4.78, 5) is 44.3. The number of nitrogens with zero attached hydrogens (tertiary/aromatic N) is 2. The average Bonchev–Trinajstić information content (AvgIpc) is 3.33. The zero-order valence-electron chi connectivity index (χ0n) is 43.1. The molecular weight excluding hydrogens is 893 g/mol. The Kier molecular flexibility index (Phi) is 22.5. The Balaban J connectivity index is 1.48. The van der Waals surface area contributed by atoms with Crippen LogP contribution >= 0.6 is 23.5 Å². The molecule has 0 radical (unpaired) electrons. The molecule has 2 aliphatic rings. The Morgan fingerprint density at radius 2 is 1.30 bits per heavy atom. The number of hydrogen-bond acceptors (Lipinski definition) is 7. The van der Waals surface area contributed by atoms with Crippen LogP contribution in [0.1, 0.15) is 144 Å². The third-order valence-electron chi connectivity index (χ3n) is 13.1. The van der Waals surface area contributed by atoms with E-state index in [0.29, 0.717) is 47.2 Å². The molecule has 69 heavy (non-hydrogen) atoms. The number of carbonyl (C=O) groups excluding carboxylic acids is 3. The molecule has 3 aromatic rings. The van der Waals surface area contributed by atoms with Crippen molar-refractivity contribution < 1.29 is 24.1 Å². The maximum atomic E-state index is 14.6. The van der Waals surface area contributed by atoms with Gasteiger partial charge >= 0.3 is 0 Å². The van der Waals surface area contributed by atoms with Gasteiger partial charge in [0, 0.05) is 76.8 Å². The van der Waals surface area contributed by atoms with Gasteiger partial charge in [-0.15, -0.1) is 0 Å². The first kappa shape index (κ1) is 55.1. The predicted molar refractivity (Wildman–Crippen MR) is 294 cm³/mol. The molecule has 5 rings (SSSR count). The number of benzene rings is 3. The highest BCUT2D eigenvalue weighted by Gasteiger charge is 2.35. The number of ketones is 1. The molecule has 2 atom stereocenters. The van der Waals surface area contributed by atoms with Gasteiger partial charge in [0.2, 0.25) is 23.2 Å². The maximum Gasteiger partial charge on any atom is 0.224 e. The van der Waals surface area contributed by atoms with Crippen LogP contribution in [-0.4, -0.2) is 63.0 Å². The van der Waals surface area contributed by atoms with E-state index in [4.69, 9.17) is 0 Å². The van der Waals surface area contributed by atoms with Crippen LogP contribution in [-0.2, 0) is 14.4 Å². The molecule has 0 fully saturated rings. The van der Waals surface area contributed by atoms with Gasteiger partial charge in [-0.1, -0.05) is 114 Å². The maximum absolute atomic E-state index is 14.6. The summed E-state index contributed by atoms with van der Waals surface area (Å²) in [5.41, 5.74) is 6.49. The van der Waals surface area contributed by atoms with Crippen LogP contribution in [0.5, 0.6) is 0 Å². The minimum absolute atomic E-state index is 0.0297. The number of amides is 2. The molecule has 0 aliphatic heterocycles. The van der Waals surface area contributed by atoms with Crippen LogP contribution in [0.25, 0.3) is 5.57 Å². The van der Waals surface area contributed by atoms with E-state index >= 15 is 0 Å². The third-order valence-corrected chi connectivity index (χ3v) is 15.7.